The van der Waals surface area contributed by atoms with Gasteiger partial charge in [-0.05, 0) is 20.8 Å². The summed E-state index contributed by atoms with van der Waals surface area (Å²) in [4.78, 5) is 27.9. The molecule has 0 bridgehead atoms. The van der Waals surface area contributed by atoms with Crippen LogP contribution in [0.4, 0.5) is 0 Å². The molecule has 112 valence electrons. The summed E-state index contributed by atoms with van der Waals surface area (Å²) in [5.41, 5.74) is 0. The number of carboxylic acids is 1. The topological polar surface area (TPSA) is 106 Å². The van der Waals surface area contributed by atoms with Gasteiger partial charge >= 0.3 is 5.97 Å². The number of aliphatic carboxylic acids is 1. The zero-order chi connectivity index (χ0) is 15.1. The molecule has 0 fully saturated rings. The minimum Gasteiger partial charge on any atom is -0.481 e. The van der Waals surface area contributed by atoms with E-state index >= 15 is 0 Å². The SMILES string of the molecule is Cc1noc(COCC(=O)N(CCC(=O)O)C(C)C)n1. The van der Waals surface area contributed by atoms with Gasteiger partial charge in [0.25, 0.3) is 5.89 Å². The molecular formula is C12H19N3O5. The molecule has 20 heavy (non-hydrogen) atoms. The third kappa shape index (κ3) is 5.35. The first-order valence-corrected chi connectivity index (χ1v) is 6.28. The Bertz CT molecular complexity index is 458. The fraction of sp³-hybridized carbons (Fsp3) is 0.667. The summed E-state index contributed by atoms with van der Waals surface area (Å²) in [5, 5.41) is 12.3. The Balaban J connectivity index is 2.39. The molecule has 0 saturated carbocycles. The molecule has 8 heteroatoms. The average molecular weight is 285 g/mol. The Morgan fingerprint density at radius 1 is 1.45 bits per heavy atom. The van der Waals surface area contributed by atoms with Gasteiger partial charge in [0, 0.05) is 12.6 Å². The van der Waals surface area contributed by atoms with Gasteiger partial charge in [-0.3, -0.25) is 9.59 Å². The third-order valence-corrected chi connectivity index (χ3v) is 2.53. The van der Waals surface area contributed by atoms with Crippen molar-refractivity contribution in [3.8, 4) is 0 Å². The lowest BCUT2D eigenvalue weighted by Gasteiger charge is -2.25. The third-order valence-electron chi connectivity index (χ3n) is 2.53. The van der Waals surface area contributed by atoms with Gasteiger partial charge in [-0.1, -0.05) is 5.16 Å². The van der Waals surface area contributed by atoms with E-state index in [1.54, 1.807) is 6.92 Å². The van der Waals surface area contributed by atoms with Gasteiger partial charge < -0.3 is 19.3 Å². The molecule has 0 aliphatic heterocycles. The number of rotatable bonds is 8. The van der Waals surface area contributed by atoms with Crippen molar-refractivity contribution < 1.29 is 24.0 Å². The van der Waals surface area contributed by atoms with E-state index in [9.17, 15) is 9.59 Å². The van der Waals surface area contributed by atoms with Gasteiger partial charge in [0.2, 0.25) is 5.91 Å². The van der Waals surface area contributed by atoms with Crippen molar-refractivity contribution in [3.05, 3.63) is 11.7 Å². The number of hydrogen-bond donors (Lipinski definition) is 1. The van der Waals surface area contributed by atoms with Gasteiger partial charge in [0.1, 0.15) is 13.2 Å². The number of ether oxygens (including phenoxy) is 1. The maximum absolute atomic E-state index is 11.9. The minimum absolute atomic E-state index is 0.0530. The predicted molar refractivity (Wildman–Crippen MR) is 67.8 cm³/mol. The summed E-state index contributed by atoms with van der Waals surface area (Å²) >= 11 is 0. The van der Waals surface area contributed by atoms with Gasteiger partial charge in [-0.2, -0.15) is 4.98 Å². The highest BCUT2D eigenvalue weighted by molar-refractivity contribution is 5.78. The molecule has 0 radical (unpaired) electrons. The Morgan fingerprint density at radius 2 is 2.15 bits per heavy atom. The largest absolute Gasteiger partial charge is 0.481 e. The Morgan fingerprint density at radius 3 is 2.65 bits per heavy atom. The lowest BCUT2D eigenvalue weighted by Crippen LogP contribution is -2.40. The summed E-state index contributed by atoms with van der Waals surface area (Å²) in [6, 6.07) is -0.0869. The maximum Gasteiger partial charge on any atom is 0.305 e. The van der Waals surface area contributed by atoms with Crippen molar-refractivity contribution in [2.45, 2.75) is 39.8 Å². The molecule has 1 amide bonds. The van der Waals surface area contributed by atoms with E-state index in [0.29, 0.717) is 11.7 Å². The second-order valence-corrected chi connectivity index (χ2v) is 4.55. The first-order chi connectivity index (χ1) is 9.40. The Kier molecular flexibility index (Phi) is 6.10. The average Bonchev–Trinajstić information content (AvgIpc) is 2.74. The van der Waals surface area contributed by atoms with E-state index in [2.05, 4.69) is 10.1 Å². The molecule has 1 rings (SSSR count). The number of carbonyl (C=O) groups excluding carboxylic acids is 1. The van der Waals surface area contributed by atoms with E-state index < -0.39 is 5.97 Å². The molecule has 0 aromatic carbocycles. The molecular weight excluding hydrogens is 266 g/mol. The highest BCUT2D eigenvalue weighted by atomic mass is 16.5. The molecule has 0 aliphatic rings. The van der Waals surface area contributed by atoms with E-state index in [-0.39, 0.29) is 38.1 Å². The number of aryl methyl sites for hydroxylation is 1. The molecule has 8 nitrogen and oxygen atoms in total. The molecule has 0 spiro atoms. The number of hydrogen-bond acceptors (Lipinski definition) is 6. The van der Waals surface area contributed by atoms with Crippen molar-refractivity contribution in [2.75, 3.05) is 13.2 Å². The molecule has 1 aromatic rings. The standard InChI is InChI=1S/C12H19N3O5/c1-8(2)15(5-4-12(17)18)11(16)7-19-6-10-13-9(3)14-20-10/h8H,4-7H2,1-3H3,(H,17,18). The van der Waals surface area contributed by atoms with Crippen molar-refractivity contribution in [1.29, 1.82) is 0 Å². The fourth-order valence-electron chi connectivity index (χ4n) is 1.59. The number of carbonyl (C=O) groups is 2. The zero-order valence-electron chi connectivity index (χ0n) is 11.8. The van der Waals surface area contributed by atoms with Crippen molar-refractivity contribution in [3.63, 3.8) is 0 Å². The number of aromatic nitrogens is 2. The van der Waals surface area contributed by atoms with Gasteiger partial charge in [0.05, 0.1) is 6.42 Å². The predicted octanol–water partition coefficient (Wildman–Crippen LogP) is 0.606. The van der Waals surface area contributed by atoms with Crippen molar-refractivity contribution in [2.24, 2.45) is 0 Å². The second kappa shape index (κ2) is 7.59. The van der Waals surface area contributed by atoms with Crippen LogP contribution in [-0.4, -0.2) is 51.2 Å². The van der Waals surface area contributed by atoms with E-state index in [1.165, 1.54) is 4.90 Å². The highest BCUT2D eigenvalue weighted by Gasteiger charge is 2.18. The Labute approximate surface area is 116 Å². The van der Waals surface area contributed by atoms with E-state index in [4.69, 9.17) is 14.4 Å². The Hall–Kier alpha value is -1.96. The summed E-state index contributed by atoms with van der Waals surface area (Å²) in [5.74, 6) is -0.402. The summed E-state index contributed by atoms with van der Waals surface area (Å²) in [6.45, 7) is 5.39. The van der Waals surface area contributed by atoms with Gasteiger partial charge in [-0.15, -0.1) is 0 Å². The van der Waals surface area contributed by atoms with Gasteiger partial charge in [-0.25, -0.2) is 0 Å². The van der Waals surface area contributed by atoms with Crippen LogP contribution in [0.3, 0.4) is 0 Å². The van der Waals surface area contributed by atoms with Crippen LogP contribution >= 0.6 is 0 Å². The molecule has 1 aromatic heterocycles. The van der Waals surface area contributed by atoms with Crippen molar-refractivity contribution >= 4 is 11.9 Å². The van der Waals surface area contributed by atoms with E-state index in [1.807, 2.05) is 13.8 Å². The van der Waals surface area contributed by atoms with Crippen LogP contribution in [0.1, 0.15) is 32.0 Å². The van der Waals surface area contributed by atoms with Gasteiger partial charge in [0.15, 0.2) is 5.82 Å². The number of nitrogens with zero attached hydrogens (tertiary/aromatic N) is 3. The van der Waals surface area contributed by atoms with Crippen LogP contribution in [0.5, 0.6) is 0 Å². The molecule has 1 heterocycles. The van der Waals surface area contributed by atoms with E-state index in [0.717, 1.165) is 0 Å². The summed E-state index contributed by atoms with van der Waals surface area (Å²) in [6.07, 6.45) is -0.0905. The molecule has 0 atom stereocenters. The first-order valence-electron chi connectivity index (χ1n) is 6.28. The van der Waals surface area contributed by atoms with Crippen LogP contribution in [0.25, 0.3) is 0 Å². The van der Waals surface area contributed by atoms with Crippen LogP contribution < -0.4 is 0 Å². The molecule has 1 N–H and O–H groups in total. The quantitative estimate of drug-likeness (QED) is 0.745. The fourth-order valence-corrected chi connectivity index (χ4v) is 1.59. The molecule has 0 saturated heterocycles. The van der Waals surface area contributed by atoms with Crippen LogP contribution in [-0.2, 0) is 20.9 Å². The summed E-state index contributed by atoms with van der Waals surface area (Å²) in [7, 11) is 0. The maximum atomic E-state index is 11.9. The smallest absolute Gasteiger partial charge is 0.305 e. The molecule has 0 aliphatic carbocycles. The minimum atomic E-state index is -0.939. The monoisotopic (exact) mass is 285 g/mol. The lowest BCUT2D eigenvalue weighted by molar-refractivity contribution is -0.141. The number of amides is 1. The second-order valence-electron chi connectivity index (χ2n) is 4.55. The molecule has 0 unspecified atom stereocenters. The summed E-state index contributed by atoms with van der Waals surface area (Å²) < 4.78 is 10.0. The van der Waals surface area contributed by atoms with Crippen molar-refractivity contribution in [1.82, 2.24) is 15.0 Å². The number of carboxylic acid groups (broad SMARTS) is 1. The van der Waals surface area contributed by atoms with Crippen LogP contribution in [0.2, 0.25) is 0 Å². The van der Waals surface area contributed by atoms with Crippen LogP contribution in [0.15, 0.2) is 4.52 Å². The highest BCUT2D eigenvalue weighted by Crippen LogP contribution is 2.03. The lowest BCUT2D eigenvalue weighted by atomic mass is 10.3. The normalized spacial score (nSPS) is 10.8. The first kappa shape index (κ1) is 16.1. The van der Waals surface area contributed by atoms with Crippen LogP contribution in [0, 0.1) is 6.92 Å². The zero-order valence-corrected chi connectivity index (χ0v) is 11.8.